The van der Waals surface area contributed by atoms with Crippen LogP contribution in [0.15, 0.2) is 53.6 Å². The molecule has 2 aromatic carbocycles. The zero-order valence-corrected chi connectivity index (χ0v) is 12.9. The molecule has 0 N–H and O–H groups in total. The molecule has 0 saturated carbocycles. The molecule has 22 heavy (non-hydrogen) atoms. The summed E-state index contributed by atoms with van der Waals surface area (Å²) in [6.45, 7) is 0.881. The average molecular weight is 293 g/mol. The maximum atomic E-state index is 10.7. The lowest BCUT2D eigenvalue weighted by Crippen LogP contribution is -2.12. The van der Waals surface area contributed by atoms with E-state index in [0.29, 0.717) is 5.56 Å². The van der Waals surface area contributed by atoms with Gasteiger partial charge < -0.3 is 4.90 Å². The molecule has 0 aliphatic carbocycles. The third-order valence-corrected chi connectivity index (χ3v) is 3.85. The fraction of sp³-hybridized carbons (Fsp3) is 0.222. The highest BCUT2D eigenvalue weighted by molar-refractivity contribution is 6.03. The summed E-state index contributed by atoms with van der Waals surface area (Å²) in [5.74, 6) is 0. The lowest BCUT2D eigenvalue weighted by Gasteiger charge is -2.16. The Morgan fingerprint density at radius 1 is 1.05 bits per heavy atom. The number of anilines is 2. The number of hydrazone groups is 1. The molecule has 4 heteroatoms. The fourth-order valence-corrected chi connectivity index (χ4v) is 2.52. The van der Waals surface area contributed by atoms with Crippen LogP contribution in [-0.4, -0.2) is 32.6 Å². The van der Waals surface area contributed by atoms with Crippen LogP contribution in [0, 0.1) is 0 Å². The Bertz CT molecular complexity index is 687. The van der Waals surface area contributed by atoms with Crippen LogP contribution in [0.1, 0.15) is 22.3 Å². The van der Waals surface area contributed by atoms with Gasteiger partial charge in [0.25, 0.3) is 0 Å². The molecule has 0 amide bonds. The summed E-state index contributed by atoms with van der Waals surface area (Å²) in [6, 6.07) is 16.0. The SMILES string of the molecule is CN(C)c1ccc(N2CCC(c3ccc(C=O)cc3)=N2)cc1. The first-order valence-electron chi connectivity index (χ1n) is 7.35. The minimum Gasteiger partial charge on any atom is -0.378 e. The molecule has 1 aliphatic rings. The van der Waals surface area contributed by atoms with Crippen LogP contribution < -0.4 is 9.91 Å². The van der Waals surface area contributed by atoms with Gasteiger partial charge in [-0.2, -0.15) is 5.10 Å². The average Bonchev–Trinajstić information content (AvgIpc) is 3.05. The summed E-state index contributed by atoms with van der Waals surface area (Å²) in [6.07, 6.45) is 1.77. The smallest absolute Gasteiger partial charge is 0.150 e. The van der Waals surface area contributed by atoms with Crippen molar-refractivity contribution < 1.29 is 4.79 Å². The minimum absolute atomic E-state index is 0.693. The summed E-state index contributed by atoms with van der Waals surface area (Å²) in [7, 11) is 4.06. The van der Waals surface area contributed by atoms with E-state index in [9.17, 15) is 4.79 Å². The van der Waals surface area contributed by atoms with Gasteiger partial charge in [-0.05, 0) is 29.8 Å². The minimum atomic E-state index is 0.693. The van der Waals surface area contributed by atoms with Crippen LogP contribution in [0.4, 0.5) is 11.4 Å². The van der Waals surface area contributed by atoms with Crippen LogP contribution in [0.25, 0.3) is 0 Å². The van der Waals surface area contributed by atoms with E-state index < -0.39 is 0 Å². The highest BCUT2D eigenvalue weighted by Gasteiger charge is 2.17. The van der Waals surface area contributed by atoms with Crippen molar-refractivity contribution in [2.75, 3.05) is 30.5 Å². The van der Waals surface area contributed by atoms with Crippen LogP contribution in [0.3, 0.4) is 0 Å². The van der Waals surface area contributed by atoms with Crippen LogP contribution in [0.2, 0.25) is 0 Å². The van der Waals surface area contributed by atoms with Crippen molar-refractivity contribution in [1.82, 2.24) is 0 Å². The number of carbonyl (C=O) groups is 1. The van der Waals surface area contributed by atoms with Crippen molar-refractivity contribution in [3.63, 3.8) is 0 Å². The fourth-order valence-electron chi connectivity index (χ4n) is 2.52. The normalized spacial score (nSPS) is 13.9. The van der Waals surface area contributed by atoms with E-state index in [-0.39, 0.29) is 0 Å². The molecule has 0 unspecified atom stereocenters. The Morgan fingerprint density at radius 3 is 2.32 bits per heavy atom. The lowest BCUT2D eigenvalue weighted by molar-refractivity contribution is 0.112. The number of hydrogen-bond acceptors (Lipinski definition) is 4. The number of aldehydes is 1. The molecule has 0 fully saturated rings. The van der Waals surface area contributed by atoms with Crippen molar-refractivity contribution in [2.45, 2.75) is 6.42 Å². The molecule has 0 saturated heterocycles. The van der Waals surface area contributed by atoms with Crippen molar-refractivity contribution >= 4 is 23.4 Å². The molecular weight excluding hydrogens is 274 g/mol. The molecule has 0 spiro atoms. The van der Waals surface area contributed by atoms with Gasteiger partial charge in [0, 0.05) is 38.3 Å². The molecule has 4 nitrogen and oxygen atoms in total. The second kappa shape index (κ2) is 6.02. The Kier molecular flexibility index (Phi) is 3.92. The summed E-state index contributed by atoms with van der Waals surface area (Å²) in [4.78, 5) is 12.8. The summed E-state index contributed by atoms with van der Waals surface area (Å²) >= 11 is 0. The molecule has 3 rings (SSSR count). The van der Waals surface area contributed by atoms with Gasteiger partial charge in [0.1, 0.15) is 6.29 Å². The van der Waals surface area contributed by atoms with Crippen molar-refractivity contribution in [3.8, 4) is 0 Å². The Labute approximate surface area is 130 Å². The Hall–Kier alpha value is -2.62. The molecule has 1 aliphatic heterocycles. The molecule has 0 aromatic heterocycles. The van der Waals surface area contributed by atoms with Gasteiger partial charge in [-0.1, -0.05) is 24.3 Å². The number of benzene rings is 2. The van der Waals surface area contributed by atoms with Crippen LogP contribution >= 0.6 is 0 Å². The second-order valence-electron chi connectivity index (χ2n) is 5.57. The van der Waals surface area contributed by atoms with Gasteiger partial charge in [-0.25, -0.2) is 0 Å². The largest absolute Gasteiger partial charge is 0.378 e. The van der Waals surface area contributed by atoms with Gasteiger partial charge in [-0.15, -0.1) is 0 Å². The maximum absolute atomic E-state index is 10.7. The van der Waals surface area contributed by atoms with E-state index in [2.05, 4.69) is 29.2 Å². The van der Waals surface area contributed by atoms with Gasteiger partial charge in [0.15, 0.2) is 0 Å². The van der Waals surface area contributed by atoms with E-state index in [1.54, 1.807) is 0 Å². The van der Waals surface area contributed by atoms with Crippen molar-refractivity contribution in [2.24, 2.45) is 5.10 Å². The van der Waals surface area contributed by atoms with Crippen molar-refractivity contribution in [1.29, 1.82) is 0 Å². The first-order chi connectivity index (χ1) is 10.7. The molecule has 0 bridgehead atoms. The zero-order valence-electron chi connectivity index (χ0n) is 12.9. The lowest BCUT2D eigenvalue weighted by atomic mass is 10.1. The third kappa shape index (κ3) is 2.86. The van der Waals surface area contributed by atoms with E-state index in [4.69, 9.17) is 5.10 Å². The molecule has 112 valence electrons. The predicted octanol–water partition coefficient (Wildman–Crippen LogP) is 3.18. The van der Waals surface area contributed by atoms with E-state index in [1.165, 1.54) is 5.69 Å². The first-order valence-corrected chi connectivity index (χ1v) is 7.35. The van der Waals surface area contributed by atoms with Gasteiger partial charge >= 0.3 is 0 Å². The van der Waals surface area contributed by atoms with E-state index >= 15 is 0 Å². The second-order valence-corrected chi connectivity index (χ2v) is 5.57. The Morgan fingerprint density at radius 2 is 1.73 bits per heavy atom. The quantitative estimate of drug-likeness (QED) is 0.812. The number of carbonyl (C=O) groups excluding carboxylic acids is 1. The monoisotopic (exact) mass is 293 g/mol. The first kappa shape index (κ1) is 14.3. The molecule has 1 heterocycles. The van der Waals surface area contributed by atoms with E-state index in [1.807, 2.05) is 43.4 Å². The van der Waals surface area contributed by atoms with Gasteiger partial charge in [0.2, 0.25) is 0 Å². The molecule has 0 atom stereocenters. The van der Waals surface area contributed by atoms with Crippen LogP contribution in [-0.2, 0) is 0 Å². The summed E-state index contributed by atoms with van der Waals surface area (Å²) < 4.78 is 0. The number of rotatable bonds is 4. The topological polar surface area (TPSA) is 35.9 Å². The highest BCUT2D eigenvalue weighted by atomic mass is 16.1. The number of hydrogen-bond donors (Lipinski definition) is 0. The molecule has 0 radical (unpaired) electrons. The van der Waals surface area contributed by atoms with Crippen molar-refractivity contribution in [3.05, 3.63) is 59.7 Å². The van der Waals surface area contributed by atoms with Crippen LogP contribution in [0.5, 0.6) is 0 Å². The zero-order chi connectivity index (χ0) is 15.5. The summed E-state index contributed by atoms with van der Waals surface area (Å²) in [5.41, 5.74) is 5.12. The highest BCUT2D eigenvalue weighted by Crippen LogP contribution is 2.24. The predicted molar refractivity (Wildman–Crippen MR) is 91.1 cm³/mol. The van der Waals surface area contributed by atoms with Gasteiger partial charge in [0.05, 0.1) is 11.4 Å². The number of nitrogens with zero attached hydrogens (tertiary/aromatic N) is 3. The standard InChI is InChI=1S/C18H19N3O/c1-20(2)16-7-9-17(10-8-16)21-12-11-18(19-21)15-5-3-14(13-22)4-6-15/h3-10,13H,11-12H2,1-2H3. The van der Waals surface area contributed by atoms with E-state index in [0.717, 1.165) is 36.2 Å². The van der Waals surface area contributed by atoms with Gasteiger partial charge in [-0.3, -0.25) is 9.80 Å². The maximum Gasteiger partial charge on any atom is 0.150 e. The summed E-state index contributed by atoms with van der Waals surface area (Å²) in [5, 5.41) is 6.74. The molecule has 2 aromatic rings. The third-order valence-electron chi connectivity index (χ3n) is 3.85. The molecular formula is C18H19N3O. The Balaban J connectivity index is 1.79.